The smallest absolute Gasteiger partial charge is 0.142 e. The van der Waals surface area contributed by atoms with Crippen LogP contribution in [-0.2, 0) is 0 Å². The van der Waals surface area contributed by atoms with E-state index in [2.05, 4.69) is 5.16 Å². The lowest BCUT2D eigenvalue weighted by Gasteiger charge is -2.25. The summed E-state index contributed by atoms with van der Waals surface area (Å²) < 4.78 is 28.0. The molecule has 8 heteroatoms. The number of hydrogen-bond donors (Lipinski definition) is 1. The Morgan fingerprint density at radius 1 is 0.926 bits per heavy atom. The second-order valence-electron chi connectivity index (χ2n) is 5.89. The van der Waals surface area contributed by atoms with Crippen molar-refractivity contribution < 1.29 is 14.0 Å². The topological polar surface area (TPSA) is 32.6 Å². The summed E-state index contributed by atoms with van der Waals surface area (Å²) in [6.07, 6.45) is 3.83. The minimum absolute atomic E-state index is 0.0320. The summed E-state index contributed by atoms with van der Waals surface area (Å²) in [4.78, 5) is 0. The molecule has 0 aliphatic heterocycles. The summed E-state index contributed by atoms with van der Waals surface area (Å²) in [5, 5.41) is 13.4. The number of thioether (sulfide) groups is 2. The van der Waals surface area contributed by atoms with E-state index in [-0.39, 0.29) is 21.9 Å². The van der Waals surface area contributed by atoms with Gasteiger partial charge in [-0.1, -0.05) is 40.5 Å². The molecule has 0 radical (unpaired) electrons. The average Bonchev–Trinajstić information content (AvgIpc) is 2.65. The summed E-state index contributed by atoms with van der Waals surface area (Å²) in [5.74, 6) is -0.628. The Kier molecular flexibility index (Phi) is 8.73. The molecule has 0 aliphatic carbocycles. The van der Waals surface area contributed by atoms with Gasteiger partial charge >= 0.3 is 0 Å². The molecule has 0 aliphatic rings. The van der Waals surface area contributed by atoms with Gasteiger partial charge in [-0.05, 0) is 47.9 Å². The van der Waals surface area contributed by atoms with E-state index in [0.29, 0.717) is 28.3 Å². The lowest BCUT2D eigenvalue weighted by Crippen LogP contribution is -2.25. The molecule has 2 atom stereocenters. The third-order valence-corrected chi connectivity index (χ3v) is 6.13. The van der Waals surface area contributed by atoms with E-state index in [1.165, 1.54) is 24.3 Å². The lowest BCUT2D eigenvalue weighted by molar-refractivity contribution is 0.315. The lowest BCUT2D eigenvalue weighted by atomic mass is 9.84. The Morgan fingerprint density at radius 2 is 1.33 bits per heavy atom. The van der Waals surface area contributed by atoms with Crippen molar-refractivity contribution in [2.45, 2.75) is 11.8 Å². The molecular formula is C19H19Cl2F2NOS2. The molecule has 2 aromatic carbocycles. The monoisotopic (exact) mass is 449 g/mol. The molecule has 0 amide bonds. The Hall–Kier alpha value is -0.950. The molecule has 0 heterocycles. The maximum atomic E-state index is 14.0. The minimum Gasteiger partial charge on any atom is -0.411 e. The van der Waals surface area contributed by atoms with E-state index in [4.69, 9.17) is 23.2 Å². The average molecular weight is 450 g/mol. The molecule has 2 rings (SSSR count). The van der Waals surface area contributed by atoms with Crippen LogP contribution in [0.3, 0.4) is 0 Å². The fraction of sp³-hybridized carbons (Fsp3) is 0.316. The molecule has 27 heavy (non-hydrogen) atoms. The number of halogens is 4. The van der Waals surface area contributed by atoms with Crippen molar-refractivity contribution >= 4 is 52.4 Å². The van der Waals surface area contributed by atoms with Crippen LogP contribution < -0.4 is 0 Å². The van der Waals surface area contributed by atoms with Gasteiger partial charge in [0.05, 0.1) is 15.8 Å². The van der Waals surface area contributed by atoms with E-state index in [0.717, 1.165) is 0 Å². The first-order chi connectivity index (χ1) is 12.9. The number of rotatable bonds is 8. The number of hydrogen-bond acceptors (Lipinski definition) is 4. The highest BCUT2D eigenvalue weighted by atomic mass is 35.5. The van der Waals surface area contributed by atoms with Gasteiger partial charge in [0.1, 0.15) is 11.6 Å². The van der Waals surface area contributed by atoms with Crippen LogP contribution >= 0.6 is 46.7 Å². The van der Waals surface area contributed by atoms with Crippen molar-refractivity contribution in [3.05, 3.63) is 69.2 Å². The first-order valence-corrected chi connectivity index (χ1v) is 11.6. The molecule has 2 nitrogen and oxygen atoms in total. The molecule has 0 saturated carbocycles. The van der Waals surface area contributed by atoms with Crippen LogP contribution in [0.4, 0.5) is 8.78 Å². The van der Waals surface area contributed by atoms with Gasteiger partial charge in [0.2, 0.25) is 0 Å². The third kappa shape index (κ3) is 5.53. The van der Waals surface area contributed by atoms with E-state index < -0.39 is 11.6 Å². The molecule has 2 aromatic rings. The fourth-order valence-electron chi connectivity index (χ4n) is 2.88. The standard InChI is InChI=1S/C19H19Cl2F2NOS2/c1-26-9-13(11-3-5-15(20)17(22)7-11)19(24-25)14(10-27-2)12-4-6-16(21)18(23)8-12/h3-8,13-14,25H,9-10H2,1-2H3. The van der Waals surface area contributed by atoms with E-state index in [1.807, 2.05) is 12.5 Å². The fourth-order valence-corrected chi connectivity index (χ4v) is 4.51. The Labute approximate surface area is 176 Å². The molecule has 1 N–H and O–H groups in total. The maximum absolute atomic E-state index is 14.0. The highest BCUT2D eigenvalue weighted by Gasteiger charge is 2.29. The molecular weight excluding hydrogens is 431 g/mol. The van der Waals surface area contributed by atoms with Crippen molar-refractivity contribution in [1.29, 1.82) is 0 Å². The first-order valence-electron chi connectivity index (χ1n) is 8.02. The molecule has 0 saturated heterocycles. The normalized spacial score (nSPS) is 13.3. The Balaban J connectivity index is 2.51. The number of oxime groups is 1. The van der Waals surface area contributed by atoms with Crippen LogP contribution in [0.15, 0.2) is 41.6 Å². The van der Waals surface area contributed by atoms with Gasteiger partial charge in [-0.25, -0.2) is 8.78 Å². The second-order valence-corrected chi connectivity index (χ2v) is 8.52. The summed E-state index contributed by atoms with van der Waals surface area (Å²) in [6.45, 7) is 0. The summed E-state index contributed by atoms with van der Waals surface area (Å²) >= 11 is 14.7. The van der Waals surface area contributed by atoms with Crippen LogP contribution in [0.2, 0.25) is 10.0 Å². The number of benzene rings is 2. The maximum Gasteiger partial charge on any atom is 0.142 e. The molecule has 2 unspecified atom stereocenters. The zero-order valence-corrected chi connectivity index (χ0v) is 17.9. The van der Waals surface area contributed by atoms with Crippen LogP contribution in [-0.4, -0.2) is 34.9 Å². The summed E-state index contributed by atoms with van der Waals surface area (Å²) in [7, 11) is 0. The van der Waals surface area contributed by atoms with Crippen LogP contribution in [0.1, 0.15) is 23.0 Å². The second kappa shape index (κ2) is 10.6. The third-order valence-electron chi connectivity index (χ3n) is 4.19. The number of nitrogens with zero attached hydrogens (tertiary/aromatic N) is 1. The van der Waals surface area contributed by atoms with Gasteiger partial charge in [-0.3, -0.25) is 0 Å². The molecule has 0 fully saturated rings. The molecule has 0 aromatic heterocycles. The van der Waals surface area contributed by atoms with Crippen molar-refractivity contribution in [2.75, 3.05) is 24.0 Å². The van der Waals surface area contributed by atoms with E-state index >= 15 is 0 Å². The predicted molar refractivity (Wildman–Crippen MR) is 114 cm³/mol. The highest BCUT2D eigenvalue weighted by Crippen LogP contribution is 2.34. The van der Waals surface area contributed by atoms with Crippen LogP contribution in [0.5, 0.6) is 0 Å². The zero-order chi connectivity index (χ0) is 20.0. The summed E-state index contributed by atoms with van der Waals surface area (Å²) in [5.41, 5.74) is 1.75. The van der Waals surface area contributed by atoms with E-state index in [1.54, 1.807) is 35.7 Å². The van der Waals surface area contributed by atoms with Crippen LogP contribution in [0, 0.1) is 11.6 Å². The van der Waals surface area contributed by atoms with Crippen LogP contribution in [0.25, 0.3) is 0 Å². The van der Waals surface area contributed by atoms with Crippen molar-refractivity contribution in [3.63, 3.8) is 0 Å². The zero-order valence-electron chi connectivity index (χ0n) is 14.8. The van der Waals surface area contributed by atoms with Crippen molar-refractivity contribution in [1.82, 2.24) is 0 Å². The largest absolute Gasteiger partial charge is 0.411 e. The minimum atomic E-state index is -0.531. The Morgan fingerprint density at radius 3 is 1.63 bits per heavy atom. The molecule has 146 valence electrons. The van der Waals surface area contributed by atoms with Gasteiger partial charge in [0, 0.05) is 23.3 Å². The van der Waals surface area contributed by atoms with E-state index in [9.17, 15) is 14.0 Å². The SMILES string of the molecule is CSCC(C(=NO)C(CSC)c1ccc(Cl)c(F)c1)c1ccc(Cl)c(F)c1. The van der Waals surface area contributed by atoms with Gasteiger partial charge in [-0.15, -0.1) is 0 Å². The molecule has 0 spiro atoms. The van der Waals surface area contributed by atoms with Gasteiger partial charge in [0.25, 0.3) is 0 Å². The predicted octanol–water partition coefficient (Wildman–Crippen LogP) is 6.70. The highest BCUT2D eigenvalue weighted by molar-refractivity contribution is 7.98. The Bertz CT molecular complexity index is 757. The van der Waals surface area contributed by atoms with Gasteiger partial charge < -0.3 is 5.21 Å². The first kappa shape index (κ1) is 22.3. The van der Waals surface area contributed by atoms with Gasteiger partial charge in [-0.2, -0.15) is 23.5 Å². The summed E-state index contributed by atoms with van der Waals surface area (Å²) in [6, 6.07) is 9.12. The van der Waals surface area contributed by atoms with Gasteiger partial charge in [0.15, 0.2) is 0 Å². The van der Waals surface area contributed by atoms with Crippen molar-refractivity contribution in [2.24, 2.45) is 5.16 Å². The quantitative estimate of drug-likeness (QED) is 0.276. The van der Waals surface area contributed by atoms with Crippen molar-refractivity contribution in [3.8, 4) is 0 Å². The molecule has 0 bridgehead atoms.